The summed E-state index contributed by atoms with van der Waals surface area (Å²) in [6.07, 6.45) is 1.94. The summed E-state index contributed by atoms with van der Waals surface area (Å²) in [5, 5.41) is -0.177. The van der Waals surface area contributed by atoms with Gasteiger partial charge in [0.2, 0.25) is 10.0 Å². The van der Waals surface area contributed by atoms with Gasteiger partial charge in [-0.2, -0.15) is 4.31 Å². The minimum Gasteiger partial charge on any atom is -0.298 e. The minimum atomic E-state index is -3.09. The number of hydrogen-bond donors (Lipinski definition) is 0. The zero-order valence-corrected chi connectivity index (χ0v) is 7.51. The van der Waals surface area contributed by atoms with Crippen LogP contribution < -0.4 is 0 Å². The van der Waals surface area contributed by atoms with Crippen LogP contribution in [0.2, 0.25) is 0 Å². The van der Waals surface area contributed by atoms with E-state index in [-0.39, 0.29) is 17.6 Å². The van der Waals surface area contributed by atoms with E-state index in [1.165, 1.54) is 4.31 Å². The van der Waals surface area contributed by atoms with Crippen LogP contribution in [0.3, 0.4) is 0 Å². The number of sulfonamides is 1. The topological polar surface area (TPSA) is 54.5 Å². The SMILES string of the molecule is O=C1CCN(S(=O)(=O)C2CC2)C1. The molecule has 5 heteroatoms. The van der Waals surface area contributed by atoms with Gasteiger partial charge in [0.1, 0.15) is 5.78 Å². The smallest absolute Gasteiger partial charge is 0.217 e. The van der Waals surface area contributed by atoms with Gasteiger partial charge in [-0.25, -0.2) is 8.42 Å². The van der Waals surface area contributed by atoms with Gasteiger partial charge in [0.15, 0.2) is 0 Å². The van der Waals surface area contributed by atoms with E-state index in [4.69, 9.17) is 0 Å². The van der Waals surface area contributed by atoms with Gasteiger partial charge in [0.05, 0.1) is 11.8 Å². The number of rotatable bonds is 2. The second kappa shape index (κ2) is 2.53. The predicted octanol–water partition coefficient (Wildman–Crippen LogP) is -0.247. The summed E-state index contributed by atoms with van der Waals surface area (Å²) in [4.78, 5) is 10.8. The molecule has 0 unspecified atom stereocenters. The van der Waals surface area contributed by atoms with E-state index in [2.05, 4.69) is 0 Å². The fourth-order valence-corrected chi connectivity index (χ4v) is 3.22. The van der Waals surface area contributed by atoms with Gasteiger partial charge >= 0.3 is 0 Å². The molecule has 2 aliphatic rings. The Morgan fingerprint density at radius 3 is 2.42 bits per heavy atom. The molecule has 0 amide bonds. The lowest BCUT2D eigenvalue weighted by molar-refractivity contribution is -0.116. The number of Topliss-reactive ketones (excluding diaryl/α,β-unsaturated/α-hetero) is 1. The Balaban J connectivity index is 2.13. The quantitative estimate of drug-likeness (QED) is 0.602. The second-order valence-corrected chi connectivity index (χ2v) is 5.58. The van der Waals surface area contributed by atoms with Gasteiger partial charge in [-0.05, 0) is 12.8 Å². The van der Waals surface area contributed by atoms with Crippen molar-refractivity contribution in [3.8, 4) is 0 Å². The highest BCUT2D eigenvalue weighted by Gasteiger charge is 2.42. The summed E-state index contributed by atoms with van der Waals surface area (Å²) in [6, 6.07) is 0. The lowest BCUT2D eigenvalue weighted by Gasteiger charge is -2.12. The molecule has 12 heavy (non-hydrogen) atoms. The molecule has 1 heterocycles. The molecule has 0 aromatic heterocycles. The fourth-order valence-electron chi connectivity index (χ4n) is 1.40. The van der Waals surface area contributed by atoms with E-state index in [0.717, 1.165) is 12.8 Å². The molecule has 0 N–H and O–H groups in total. The van der Waals surface area contributed by atoms with Crippen LogP contribution in [0.15, 0.2) is 0 Å². The molecular formula is C7H11NO3S. The Morgan fingerprint density at radius 1 is 1.33 bits per heavy atom. The predicted molar refractivity (Wildman–Crippen MR) is 43.1 cm³/mol. The van der Waals surface area contributed by atoms with Gasteiger partial charge in [-0.15, -0.1) is 0 Å². The Bertz CT molecular complexity index is 305. The first-order valence-electron chi connectivity index (χ1n) is 4.11. The number of nitrogens with zero attached hydrogens (tertiary/aromatic N) is 1. The molecule has 2 rings (SSSR count). The maximum absolute atomic E-state index is 11.5. The van der Waals surface area contributed by atoms with Crippen LogP contribution >= 0.6 is 0 Å². The molecule has 0 spiro atoms. The Morgan fingerprint density at radius 2 is 2.00 bits per heavy atom. The van der Waals surface area contributed by atoms with Gasteiger partial charge in [0.25, 0.3) is 0 Å². The molecule has 0 aromatic carbocycles. The molecule has 0 atom stereocenters. The van der Waals surface area contributed by atoms with E-state index in [9.17, 15) is 13.2 Å². The third kappa shape index (κ3) is 1.27. The van der Waals surface area contributed by atoms with E-state index >= 15 is 0 Å². The molecule has 1 saturated heterocycles. The van der Waals surface area contributed by atoms with Gasteiger partial charge in [0, 0.05) is 13.0 Å². The molecule has 68 valence electrons. The number of ketones is 1. The highest BCUT2D eigenvalue weighted by Crippen LogP contribution is 2.31. The minimum absolute atomic E-state index is 0.0409. The van der Waals surface area contributed by atoms with Gasteiger partial charge < -0.3 is 0 Å². The summed E-state index contributed by atoms with van der Waals surface area (Å²) in [6.45, 7) is 0.510. The van der Waals surface area contributed by atoms with E-state index in [1.807, 2.05) is 0 Å². The van der Waals surface area contributed by atoms with Crippen LogP contribution in [0.5, 0.6) is 0 Å². The van der Waals surface area contributed by atoms with E-state index < -0.39 is 10.0 Å². The van der Waals surface area contributed by atoms with Crippen molar-refractivity contribution < 1.29 is 13.2 Å². The molecule has 1 saturated carbocycles. The van der Waals surface area contributed by atoms with Crippen LogP contribution in [-0.4, -0.2) is 36.8 Å². The van der Waals surface area contributed by atoms with Crippen molar-refractivity contribution >= 4 is 15.8 Å². The molecule has 0 aromatic rings. The number of carbonyl (C=O) groups excluding carboxylic acids is 1. The van der Waals surface area contributed by atoms with Crippen LogP contribution in [0.1, 0.15) is 19.3 Å². The van der Waals surface area contributed by atoms with Crippen molar-refractivity contribution in [2.45, 2.75) is 24.5 Å². The lowest BCUT2D eigenvalue weighted by atomic mass is 10.4. The van der Waals surface area contributed by atoms with Crippen LogP contribution in [0.25, 0.3) is 0 Å². The molecule has 2 fully saturated rings. The van der Waals surface area contributed by atoms with Crippen molar-refractivity contribution in [2.75, 3.05) is 13.1 Å². The van der Waals surface area contributed by atoms with Crippen molar-refractivity contribution in [3.63, 3.8) is 0 Å². The summed E-state index contributed by atoms with van der Waals surface area (Å²) in [5.41, 5.74) is 0. The maximum Gasteiger partial charge on any atom is 0.217 e. The molecule has 0 radical (unpaired) electrons. The highest BCUT2D eigenvalue weighted by atomic mass is 32.2. The summed E-state index contributed by atoms with van der Waals surface area (Å²) in [7, 11) is -3.09. The highest BCUT2D eigenvalue weighted by molar-refractivity contribution is 7.90. The van der Waals surface area contributed by atoms with E-state index in [1.54, 1.807) is 0 Å². The van der Waals surface area contributed by atoms with Crippen molar-refractivity contribution in [2.24, 2.45) is 0 Å². The molecule has 1 aliphatic heterocycles. The van der Waals surface area contributed by atoms with Crippen LogP contribution in [-0.2, 0) is 14.8 Å². The van der Waals surface area contributed by atoms with E-state index in [0.29, 0.717) is 13.0 Å². The molecule has 0 bridgehead atoms. The van der Waals surface area contributed by atoms with Crippen molar-refractivity contribution in [1.82, 2.24) is 4.31 Å². The largest absolute Gasteiger partial charge is 0.298 e. The lowest BCUT2D eigenvalue weighted by Crippen LogP contribution is -2.31. The first-order chi connectivity index (χ1) is 5.60. The zero-order valence-electron chi connectivity index (χ0n) is 6.69. The zero-order chi connectivity index (χ0) is 8.77. The second-order valence-electron chi connectivity index (χ2n) is 3.37. The molecule has 1 aliphatic carbocycles. The van der Waals surface area contributed by atoms with Crippen LogP contribution in [0.4, 0.5) is 0 Å². The summed E-state index contributed by atoms with van der Waals surface area (Å²) in [5.74, 6) is 0.0409. The monoisotopic (exact) mass is 189 g/mol. The first-order valence-corrected chi connectivity index (χ1v) is 5.62. The van der Waals surface area contributed by atoms with Crippen molar-refractivity contribution in [1.29, 1.82) is 0 Å². The average molecular weight is 189 g/mol. The van der Waals surface area contributed by atoms with Gasteiger partial charge in [-0.3, -0.25) is 4.79 Å². The van der Waals surface area contributed by atoms with Crippen LogP contribution in [0, 0.1) is 0 Å². The maximum atomic E-state index is 11.5. The Kier molecular flexibility index (Phi) is 1.73. The Labute approximate surface area is 71.6 Å². The molecular weight excluding hydrogens is 178 g/mol. The normalized spacial score (nSPS) is 26.5. The van der Waals surface area contributed by atoms with Gasteiger partial charge in [-0.1, -0.05) is 0 Å². The third-order valence-electron chi connectivity index (χ3n) is 2.30. The third-order valence-corrected chi connectivity index (χ3v) is 4.64. The Hall–Kier alpha value is -0.420. The number of carbonyl (C=O) groups is 1. The summed E-state index contributed by atoms with van der Waals surface area (Å²) >= 11 is 0. The first kappa shape index (κ1) is 8.19. The standard InChI is InChI=1S/C7H11NO3S/c9-6-3-4-8(5-6)12(10,11)7-1-2-7/h7H,1-5H2. The van der Waals surface area contributed by atoms with Crippen molar-refractivity contribution in [3.05, 3.63) is 0 Å². The number of hydrogen-bond acceptors (Lipinski definition) is 3. The molecule has 4 nitrogen and oxygen atoms in total. The average Bonchev–Trinajstić information content (AvgIpc) is 2.75. The summed E-state index contributed by atoms with van der Waals surface area (Å²) < 4.78 is 24.4. The fraction of sp³-hybridized carbons (Fsp3) is 0.857.